The fourth-order valence-corrected chi connectivity index (χ4v) is 4.23. The number of halogens is 1. The van der Waals surface area contributed by atoms with Gasteiger partial charge in [-0.15, -0.1) is 11.3 Å². The Morgan fingerprint density at radius 3 is 2.78 bits per heavy atom. The third kappa shape index (κ3) is 4.25. The molecule has 0 saturated heterocycles. The molecule has 0 unspecified atom stereocenters. The van der Waals surface area contributed by atoms with Crippen LogP contribution in [-0.2, 0) is 14.8 Å². The molecule has 8 heteroatoms. The van der Waals surface area contributed by atoms with Gasteiger partial charge in [0.2, 0.25) is 5.06 Å². The molecule has 0 saturated carbocycles. The summed E-state index contributed by atoms with van der Waals surface area (Å²) in [6.07, 6.45) is 0.935. The number of benzene rings is 1. The Morgan fingerprint density at radius 2 is 2.09 bits per heavy atom. The summed E-state index contributed by atoms with van der Waals surface area (Å²) in [5.41, 5.74) is 0.695. The van der Waals surface area contributed by atoms with Crippen LogP contribution < -0.4 is 9.46 Å². The molecule has 0 amide bonds. The topological polar surface area (TPSA) is 72.5 Å². The van der Waals surface area contributed by atoms with E-state index in [1.54, 1.807) is 30.5 Å². The van der Waals surface area contributed by atoms with Crippen molar-refractivity contribution in [3.8, 4) is 5.06 Å². The Labute approximate surface area is 144 Å². The fourth-order valence-electron chi connectivity index (χ4n) is 1.89. The highest BCUT2D eigenvalue weighted by Crippen LogP contribution is 2.34. The maximum atomic E-state index is 12.5. The molecule has 1 heterocycles. The van der Waals surface area contributed by atoms with E-state index < -0.39 is 16.0 Å². The van der Waals surface area contributed by atoms with Crippen molar-refractivity contribution in [2.45, 2.75) is 31.6 Å². The number of hydrogen-bond donors (Lipinski definition) is 1. The first-order chi connectivity index (χ1) is 10.8. The lowest BCUT2D eigenvalue weighted by molar-refractivity contribution is -0.134. The van der Waals surface area contributed by atoms with E-state index in [9.17, 15) is 13.2 Å². The third-order valence-corrected chi connectivity index (χ3v) is 5.75. The first kappa shape index (κ1) is 17.8. The van der Waals surface area contributed by atoms with E-state index in [4.69, 9.17) is 16.3 Å². The van der Waals surface area contributed by atoms with Crippen LogP contribution in [0.15, 0.2) is 34.5 Å². The smallest absolute Gasteiger partial charge is 0.312 e. The molecule has 1 aromatic carbocycles. The molecule has 23 heavy (non-hydrogen) atoms. The molecule has 2 rings (SSSR count). The summed E-state index contributed by atoms with van der Waals surface area (Å²) in [5, 5.41) is 2.25. The van der Waals surface area contributed by atoms with Gasteiger partial charge in [0.25, 0.3) is 10.0 Å². The molecule has 0 radical (unpaired) electrons. The molecule has 5 nitrogen and oxygen atoms in total. The summed E-state index contributed by atoms with van der Waals surface area (Å²) in [5.74, 6) is -0.394. The number of ether oxygens (including phenoxy) is 1. The zero-order chi connectivity index (χ0) is 17.0. The van der Waals surface area contributed by atoms with Crippen molar-refractivity contribution < 1.29 is 17.9 Å². The number of hydrogen-bond acceptors (Lipinski definition) is 5. The van der Waals surface area contributed by atoms with Crippen molar-refractivity contribution >= 4 is 44.6 Å². The second kappa shape index (κ2) is 7.33. The predicted molar refractivity (Wildman–Crippen MR) is 91.9 cm³/mol. The summed E-state index contributed by atoms with van der Waals surface area (Å²) in [7, 11) is -3.83. The van der Waals surface area contributed by atoms with Gasteiger partial charge in [0.05, 0.1) is 4.90 Å². The van der Waals surface area contributed by atoms with E-state index in [2.05, 4.69) is 4.72 Å². The zero-order valence-corrected chi connectivity index (χ0v) is 15.0. The predicted octanol–water partition coefficient (Wildman–Crippen LogP) is 4.22. The summed E-state index contributed by atoms with van der Waals surface area (Å²) in [4.78, 5) is 11.7. The second-order valence-electron chi connectivity index (χ2n) is 4.81. The van der Waals surface area contributed by atoms with Crippen LogP contribution in [0.5, 0.6) is 5.06 Å². The molecular formula is C15H16ClNO4S2. The monoisotopic (exact) mass is 373 g/mol. The number of anilines is 1. The molecule has 1 N–H and O–H groups in total. The van der Waals surface area contributed by atoms with Crippen molar-refractivity contribution in [2.24, 2.45) is 0 Å². The Kier molecular flexibility index (Phi) is 5.67. The first-order valence-electron chi connectivity index (χ1n) is 6.91. The highest BCUT2D eigenvalue weighted by Gasteiger charge is 2.21. The highest BCUT2D eigenvalue weighted by atomic mass is 35.5. The highest BCUT2D eigenvalue weighted by molar-refractivity contribution is 7.92. The maximum Gasteiger partial charge on any atom is 0.312 e. The van der Waals surface area contributed by atoms with Crippen LogP contribution in [0.25, 0.3) is 0 Å². The number of rotatable bonds is 6. The van der Waals surface area contributed by atoms with Crippen LogP contribution in [0.1, 0.15) is 25.3 Å². The van der Waals surface area contributed by atoms with Crippen LogP contribution >= 0.6 is 22.9 Å². The Hall–Kier alpha value is -1.57. The van der Waals surface area contributed by atoms with E-state index >= 15 is 0 Å². The van der Waals surface area contributed by atoms with Gasteiger partial charge < -0.3 is 4.74 Å². The quantitative estimate of drug-likeness (QED) is 0.769. The maximum absolute atomic E-state index is 12.5. The normalized spacial score (nSPS) is 11.3. The van der Waals surface area contributed by atoms with E-state index in [1.165, 1.54) is 6.07 Å². The van der Waals surface area contributed by atoms with Gasteiger partial charge in [0.1, 0.15) is 5.69 Å². The molecule has 124 valence electrons. The molecule has 0 atom stereocenters. The number of carbonyl (C=O) groups is 1. The van der Waals surface area contributed by atoms with Crippen LogP contribution in [0.2, 0.25) is 5.02 Å². The van der Waals surface area contributed by atoms with Gasteiger partial charge >= 0.3 is 5.97 Å². The van der Waals surface area contributed by atoms with Gasteiger partial charge in [-0.05, 0) is 42.5 Å². The van der Waals surface area contributed by atoms with Crippen LogP contribution in [-0.4, -0.2) is 14.4 Å². The lowest BCUT2D eigenvalue weighted by Gasteiger charge is -2.11. The Balaban J connectivity index is 2.27. The van der Waals surface area contributed by atoms with Gasteiger partial charge in [-0.25, -0.2) is 8.42 Å². The van der Waals surface area contributed by atoms with Gasteiger partial charge in [0.15, 0.2) is 0 Å². The van der Waals surface area contributed by atoms with Gasteiger partial charge in [-0.3, -0.25) is 9.52 Å². The SMILES string of the molecule is CCCC(=O)Oc1sccc1NS(=O)(=O)c1cccc(Cl)c1C. The summed E-state index contributed by atoms with van der Waals surface area (Å²) >= 11 is 7.13. The van der Waals surface area contributed by atoms with Crippen LogP contribution in [0.4, 0.5) is 5.69 Å². The minimum Gasteiger partial charge on any atom is -0.413 e. The lowest BCUT2D eigenvalue weighted by Crippen LogP contribution is -2.15. The molecule has 0 aliphatic heterocycles. The Morgan fingerprint density at radius 1 is 1.35 bits per heavy atom. The average Bonchev–Trinajstić information content (AvgIpc) is 2.88. The van der Waals surface area contributed by atoms with Crippen LogP contribution in [0.3, 0.4) is 0 Å². The minimum atomic E-state index is -3.83. The van der Waals surface area contributed by atoms with Crippen molar-refractivity contribution in [3.63, 3.8) is 0 Å². The van der Waals surface area contributed by atoms with E-state index in [0.29, 0.717) is 17.0 Å². The molecule has 0 aliphatic carbocycles. The second-order valence-corrected chi connectivity index (χ2v) is 7.75. The molecule has 2 aromatic rings. The number of sulfonamides is 1. The molecule has 0 aliphatic rings. The van der Waals surface area contributed by atoms with E-state index in [-0.39, 0.29) is 22.1 Å². The first-order valence-corrected chi connectivity index (χ1v) is 9.65. The molecule has 0 spiro atoms. The largest absolute Gasteiger partial charge is 0.413 e. The van der Waals surface area contributed by atoms with Crippen molar-refractivity contribution in [1.29, 1.82) is 0 Å². The summed E-state index contributed by atoms with van der Waals surface area (Å²) < 4.78 is 32.7. The number of nitrogens with one attached hydrogen (secondary N) is 1. The minimum absolute atomic E-state index is 0.0852. The molecule has 0 fully saturated rings. The number of esters is 1. The standard InChI is InChI=1S/C15H16ClNO4S2/c1-3-5-14(18)21-15-12(8-9-22-15)17-23(19,20)13-7-4-6-11(16)10(13)2/h4,6-9,17H,3,5H2,1-2H3. The Bertz CT molecular complexity index is 815. The summed E-state index contributed by atoms with van der Waals surface area (Å²) in [6.45, 7) is 3.49. The number of thiophene rings is 1. The van der Waals surface area contributed by atoms with E-state index in [1.807, 2.05) is 6.92 Å². The van der Waals surface area contributed by atoms with E-state index in [0.717, 1.165) is 11.3 Å². The molecular weight excluding hydrogens is 358 g/mol. The van der Waals surface area contributed by atoms with Crippen molar-refractivity contribution in [2.75, 3.05) is 4.72 Å². The van der Waals surface area contributed by atoms with Gasteiger partial charge in [0, 0.05) is 11.4 Å². The van der Waals surface area contributed by atoms with Crippen molar-refractivity contribution in [1.82, 2.24) is 0 Å². The van der Waals surface area contributed by atoms with Crippen molar-refractivity contribution in [3.05, 3.63) is 40.2 Å². The lowest BCUT2D eigenvalue weighted by atomic mass is 10.2. The average molecular weight is 374 g/mol. The third-order valence-electron chi connectivity index (χ3n) is 3.04. The van der Waals surface area contributed by atoms with Gasteiger partial charge in [-0.1, -0.05) is 24.6 Å². The molecule has 1 aromatic heterocycles. The molecule has 0 bridgehead atoms. The zero-order valence-electron chi connectivity index (χ0n) is 12.6. The van der Waals surface area contributed by atoms with Gasteiger partial charge in [-0.2, -0.15) is 0 Å². The fraction of sp³-hybridized carbons (Fsp3) is 0.267. The summed E-state index contributed by atoms with van der Waals surface area (Å²) in [6, 6.07) is 6.22. The van der Waals surface area contributed by atoms with Crippen LogP contribution in [0, 0.1) is 6.92 Å². The number of carbonyl (C=O) groups excluding carboxylic acids is 1.